The molecule has 0 saturated carbocycles. The van der Waals surface area contributed by atoms with Gasteiger partial charge < -0.3 is 15.5 Å². The highest BCUT2D eigenvalue weighted by molar-refractivity contribution is 5.85. The van der Waals surface area contributed by atoms with Crippen LogP contribution in [0.5, 0.6) is 0 Å². The van der Waals surface area contributed by atoms with Gasteiger partial charge in [0.15, 0.2) is 0 Å². The quantitative estimate of drug-likeness (QED) is 0.752. The number of hydrogen-bond donors (Lipinski definition) is 1. The van der Waals surface area contributed by atoms with Crippen molar-refractivity contribution >= 4 is 24.2 Å². The highest BCUT2D eigenvalue weighted by atomic mass is 35.5. The van der Waals surface area contributed by atoms with E-state index in [4.69, 9.17) is 5.73 Å². The summed E-state index contributed by atoms with van der Waals surface area (Å²) in [5.74, 6) is 0.904. The van der Waals surface area contributed by atoms with E-state index >= 15 is 0 Å². The Bertz CT molecular complexity index is 563. The molecule has 2 amide bonds. The predicted molar refractivity (Wildman–Crippen MR) is 107 cm³/mol. The van der Waals surface area contributed by atoms with Gasteiger partial charge in [0.2, 0.25) is 11.8 Å². The van der Waals surface area contributed by atoms with Crippen LogP contribution in [0, 0.1) is 5.92 Å². The molecule has 0 bridgehead atoms. The molecule has 0 aromatic heterocycles. The smallest absolute Gasteiger partial charge is 0.222 e. The first-order valence-corrected chi connectivity index (χ1v) is 9.41. The minimum Gasteiger partial charge on any atom is -0.343 e. The zero-order valence-electron chi connectivity index (χ0n) is 15.9. The monoisotopic (exact) mass is 381 g/mol. The van der Waals surface area contributed by atoms with Crippen molar-refractivity contribution in [3.05, 3.63) is 35.9 Å². The van der Waals surface area contributed by atoms with Gasteiger partial charge in [-0.05, 0) is 38.3 Å². The van der Waals surface area contributed by atoms with E-state index in [1.165, 1.54) is 5.56 Å². The largest absolute Gasteiger partial charge is 0.343 e. The minimum atomic E-state index is 0. The molecule has 1 saturated heterocycles. The van der Waals surface area contributed by atoms with Crippen molar-refractivity contribution in [3.63, 3.8) is 0 Å². The van der Waals surface area contributed by atoms with Crippen LogP contribution in [-0.2, 0) is 9.59 Å². The summed E-state index contributed by atoms with van der Waals surface area (Å²) < 4.78 is 0. The molecule has 0 spiro atoms. The molecule has 2 atom stereocenters. The van der Waals surface area contributed by atoms with E-state index < -0.39 is 0 Å². The van der Waals surface area contributed by atoms with Crippen LogP contribution in [0.1, 0.15) is 44.6 Å². The molecule has 2 N–H and O–H groups in total. The van der Waals surface area contributed by atoms with E-state index in [1.807, 2.05) is 41.8 Å². The molecule has 1 aromatic rings. The second-order valence-electron chi connectivity index (χ2n) is 6.73. The van der Waals surface area contributed by atoms with Crippen LogP contribution in [-0.4, -0.2) is 54.3 Å². The van der Waals surface area contributed by atoms with E-state index in [2.05, 4.69) is 12.1 Å². The number of halogens is 1. The van der Waals surface area contributed by atoms with Crippen molar-refractivity contribution in [1.29, 1.82) is 0 Å². The van der Waals surface area contributed by atoms with Gasteiger partial charge in [-0.15, -0.1) is 12.4 Å². The lowest BCUT2D eigenvalue weighted by molar-refractivity contribution is -0.132. The Hall–Kier alpha value is -1.59. The molecule has 0 radical (unpaired) electrons. The van der Waals surface area contributed by atoms with Crippen LogP contribution in [0.4, 0.5) is 0 Å². The van der Waals surface area contributed by atoms with Crippen molar-refractivity contribution < 1.29 is 9.59 Å². The Morgan fingerprint density at radius 2 is 1.77 bits per heavy atom. The van der Waals surface area contributed by atoms with E-state index in [-0.39, 0.29) is 24.2 Å². The topological polar surface area (TPSA) is 66.6 Å². The van der Waals surface area contributed by atoms with Crippen LogP contribution in [0.15, 0.2) is 30.3 Å². The number of hydrogen-bond acceptors (Lipinski definition) is 3. The lowest BCUT2D eigenvalue weighted by atomic mass is 9.89. The van der Waals surface area contributed by atoms with Gasteiger partial charge in [0.05, 0.1) is 0 Å². The van der Waals surface area contributed by atoms with Gasteiger partial charge in [-0.3, -0.25) is 9.59 Å². The molecular formula is C20H32ClN3O2. The first-order chi connectivity index (χ1) is 12.1. The maximum absolute atomic E-state index is 12.5. The molecule has 1 aromatic carbocycles. The molecule has 1 fully saturated rings. The summed E-state index contributed by atoms with van der Waals surface area (Å²) in [6, 6.07) is 10.3. The SMILES string of the molecule is CCN(CC)C(=O)CCCC(=O)N1C[C@@H](CN)[C@H](c2ccccc2)C1.Cl. The number of nitrogens with two attached hydrogens (primary N) is 1. The molecule has 1 heterocycles. The Morgan fingerprint density at radius 3 is 2.35 bits per heavy atom. The van der Waals surface area contributed by atoms with Crippen LogP contribution in [0.25, 0.3) is 0 Å². The second kappa shape index (κ2) is 11.2. The summed E-state index contributed by atoms with van der Waals surface area (Å²) in [6.45, 7) is 7.46. The molecule has 0 aliphatic carbocycles. The summed E-state index contributed by atoms with van der Waals surface area (Å²) in [4.78, 5) is 28.3. The third kappa shape index (κ3) is 5.71. The maximum atomic E-state index is 12.5. The van der Waals surface area contributed by atoms with E-state index in [1.54, 1.807) is 0 Å². The lowest BCUT2D eigenvalue weighted by Gasteiger charge is -2.19. The van der Waals surface area contributed by atoms with Gasteiger partial charge in [0.25, 0.3) is 0 Å². The first-order valence-electron chi connectivity index (χ1n) is 9.41. The summed E-state index contributed by atoms with van der Waals surface area (Å²) >= 11 is 0. The number of carbonyl (C=O) groups excluding carboxylic acids is 2. The molecule has 1 aliphatic heterocycles. The Morgan fingerprint density at radius 1 is 1.12 bits per heavy atom. The van der Waals surface area contributed by atoms with Gasteiger partial charge in [-0.25, -0.2) is 0 Å². The van der Waals surface area contributed by atoms with Crippen LogP contribution < -0.4 is 5.73 Å². The van der Waals surface area contributed by atoms with Gasteiger partial charge in [0.1, 0.15) is 0 Å². The normalized spacial score (nSPS) is 19.1. The number of benzene rings is 1. The standard InChI is InChI=1S/C20H31N3O2.ClH/c1-3-22(4-2)19(24)11-8-12-20(25)23-14-17(13-21)18(15-23)16-9-6-5-7-10-16;/h5-7,9-10,17-18H,3-4,8,11-15,21H2,1-2H3;1H/t17-,18+;/m1./s1. The lowest BCUT2D eigenvalue weighted by Crippen LogP contribution is -2.32. The van der Waals surface area contributed by atoms with Crippen molar-refractivity contribution in [2.45, 2.75) is 39.0 Å². The van der Waals surface area contributed by atoms with Crippen molar-refractivity contribution in [2.24, 2.45) is 11.7 Å². The number of rotatable bonds is 8. The average Bonchev–Trinajstić information content (AvgIpc) is 3.08. The minimum absolute atomic E-state index is 0. The average molecular weight is 382 g/mol. The summed E-state index contributed by atoms with van der Waals surface area (Å²) in [7, 11) is 0. The third-order valence-electron chi connectivity index (χ3n) is 5.22. The molecule has 1 aliphatic rings. The third-order valence-corrected chi connectivity index (χ3v) is 5.22. The van der Waals surface area contributed by atoms with Crippen molar-refractivity contribution in [2.75, 3.05) is 32.7 Å². The fraction of sp³-hybridized carbons (Fsp3) is 0.600. The molecule has 5 nitrogen and oxygen atoms in total. The molecule has 6 heteroatoms. The van der Waals surface area contributed by atoms with Crippen molar-refractivity contribution in [3.8, 4) is 0 Å². The zero-order valence-corrected chi connectivity index (χ0v) is 16.7. The Kier molecular flexibility index (Phi) is 9.66. The number of carbonyl (C=O) groups is 2. The number of nitrogens with zero attached hydrogens (tertiary/aromatic N) is 2. The fourth-order valence-corrected chi connectivity index (χ4v) is 3.67. The summed E-state index contributed by atoms with van der Waals surface area (Å²) in [5, 5.41) is 0. The predicted octanol–water partition coefficient (Wildman–Crippen LogP) is 2.65. The molecular weight excluding hydrogens is 350 g/mol. The summed E-state index contributed by atoms with van der Waals surface area (Å²) in [5.41, 5.74) is 7.19. The van der Waals surface area contributed by atoms with E-state index in [9.17, 15) is 9.59 Å². The van der Waals surface area contributed by atoms with Crippen molar-refractivity contribution in [1.82, 2.24) is 9.80 Å². The molecule has 0 unspecified atom stereocenters. The Labute approximate surface area is 163 Å². The van der Waals surface area contributed by atoms with Gasteiger partial charge >= 0.3 is 0 Å². The van der Waals surface area contributed by atoms with Crippen LogP contribution in [0.3, 0.4) is 0 Å². The molecule has 26 heavy (non-hydrogen) atoms. The van der Waals surface area contributed by atoms with Crippen LogP contribution >= 0.6 is 12.4 Å². The highest BCUT2D eigenvalue weighted by Gasteiger charge is 2.34. The van der Waals surface area contributed by atoms with E-state index in [0.29, 0.717) is 37.6 Å². The number of likely N-dealkylation sites (tertiary alicyclic amines) is 1. The first kappa shape index (κ1) is 22.5. The maximum Gasteiger partial charge on any atom is 0.222 e. The Balaban J connectivity index is 0.00000338. The number of amides is 2. The fourth-order valence-electron chi connectivity index (χ4n) is 3.67. The van der Waals surface area contributed by atoms with Crippen LogP contribution in [0.2, 0.25) is 0 Å². The highest BCUT2D eigenvalue weighted by Crippen LogP contribution is 2.32. The zero-order chi connectivity index (χ0) is 18.2. The molecule has 2 rings (SSSR count). The van der Waals surface area contributed by atoms with Gasteiger partial charge in [0, 0.05) is 44.9 Å². The van der Waals surface area contributed by atoms with E-state index in [0.717, 1.165) is 26.2 Å². The molecule has 146 valence electrons. The summed E-state index contributed by atoms with van der Waals surface area (Å²) in [6.07, 6.45) is 1.50. The van der Waals surface area contributed by atoms with Gasteiger partial charge in [-0.1, -0.05) is 30.3 Å². The van der Waals surface area contributed by atoms with Gasteiger partial charge in [-0.2, -0.15) is 0 Å². The second-order valence-corrected chi connectivity index (χ2v) is 6.73.